The number of unbranched alkanes of at least 4 members (excludes halogenated alkanes) is 14. The van der Waals surface area contributed by atoms with Crippen molar-refractivity contribution in [3.8, 4) is 0 Å². The number of ketones is 1. The van der Waals surface area contributed by atoms with E-state index >= 15 is 0 Å². The fraction of sp³-hybridized carbons (Fsp3) is 0.784. The van der Waals surface area contributed by atoms with Gasteiger partial charge in [-0.25, -0.2) is 4.98 Å². The number of aliphatic carboxylic acids is 2. The predicted octanol–water partition coefficient (Wildman–Crippen LogP) is 3.65. The number of Topliss-reactive ketones (excluding diaryl/α,β-unsaturated/α-hetero) is 1. The Morgan fingerprint density at radius 1 is 0.712 bits per heavy atom. The van der Waals surface area contributed by atoms with Gasteiger partial charge in [0.15, 0.2) is 5.78 Å². The Labute approximate surface area is 309 Å². The molecule has 0 spiro atoms. The fourth-order valence-corrected chi connectivity index (χ4v) is 5.59. The smallest absolute Gasteiger partial charge is 0.320 e. The molecule has 0 aliphatic carbocycles. The van der Waals surface area contributed by atoms with Gasteiger partial charge >= 0.3 is 11.9 Å². The quantitative estimate of drug-likeness (QED) is 0.0485. The van der Waals surface area contributed by atoms with Crippen molar-refractivity contribution in [3.63, 3.8) is 0 Å². The van der Waals surface area contributed by atoms with E-state index in [1.54, 1.807) is 6.20 Å². The number of carboxylic acids is 2. The minimum absolute atomic E-state index is 0.0326. The minimum atomic E-state index is -1.05. The molecule has 15 nitrogen and oxygen atoms in total. The molecule has 0 aliphatic heterocycles. The van der Waals surface area contributed by atoms with Crippen LogP contribution in [0, 0.1) is 0 Å². The average Bonchev–Trinajstić information content (AvgIpc) is 3.62. The number of carbonyl (C=O) groups is 5. The van der Waals surface area contributed by atoms with E-state index in [1.165, 1.54) is 57.7 Å². The van der Waals surface area contributed by atoms with E-state index in [2.05, 4.69) is 25.9 Å². The van der Waals surface area contributed by atoms with Crippen LogP contribution in [-0.4, -0.2) is 108 Å². The van der Waals surface area contributed by atoms with Crippen molar-refractivity contribution in [2.45, 2.75) is 141 Å². The maximum atomic E-state index is 12.3. The number of ether oxygens (including phenoxy) is 2. The maximum Gasteiger partial charge on any atom is 0.320 e. The third-order valence-corrected chi connectivity index (χ3v) is 8.69. The van der Waals surface area contributed by atoms with Crippen LogP contribution in [0.5, 0.6) is 0 Å². The zero-order valence-electron chi connectivity index (χ0n) is 31.2. The summed E-state index contributed by atoms with van der Waals surface area (Å²) >= 11 is 0. The first kappa shape index (κ1) is 46.6. The molecule has 2 amide bonds. The van der Waals surface area contributed by atoms with E-state index in [-0.39, 0.29) is 37.4 Å². The first-order chi connectivity index (χ1) is 25.2. The number of aromatic nitrogens is 2. The van der Waals surface area contributed by atoms with Crippen molar-refractivity contribution in [1.82, 2.24) is 25.9 Å². The van der Waals surface area contributed by atoms with Gasteiger partial charge in [0.1, 0.15) is 12.6 Å². The Morgan fingerprint density at radius 2 is 1.29 bits per heavy atom. The van der Waals surface area contributed by atoms with E-state index in [0.29, 0.717) is 64.8 Å². The van der Waals surface area contributed by atoms with Crippen molar-refractivity contribution in [1.29, 1.82) is 0 Å². The van der Waals surface area contributed by atoms with Crippen LogP contribution in [0.25, 0.3) is 0 Å². The van der Waals surface area contributed by atoms with Gasteiger partial charge in [0, 0.05) is 44.2 Å². The summed E-state index contributed by atoms with van der Waals surface area (Å²) in [5, 5.41) is 26.5. The highest BCUT2D eigenvalue weighted by molar-refractivity contribution is 5.86. The highest BCUT2D eigenvalue weighted by atomic mass is 16.5. The van der Waals surface area contributed by atoms with Gasteiger partial charge in [-0.05, 0) is 32.1 Å². The molecular weight excluding hydrogens is 672 g/mol. The lowest BCUT2D eigenvalue weighted by Crippen LogP contribution is -2.45. The van der Waals surface area contributed by atoms with E-state index in [4.69, 9.17) is 20.3 Å². The second kappa shape index (κ2) is 32.3. The molecule has 1 heterocycles. The molecule has 1 aromatic rings. The van der Waals surface area contributed by atoms with Gasteiger partial charge in [-0.3, -0.25) is 29.3 Å². The van der Waals surface area contributed by atoms with Gasteiger partial charge < -0.3 is 41.0 Å². The number of aromatic amines is 1. The Balaban J connectivity index is 1.86. The van der Waals surface area contributed by atoms with Gasteiger partial charge in [-0.15, -0.1) is 0 Å². The molecule has 52 heavy (non-hydrogen) atoms. The zero-order valence-corrected chi connectivity index (χ0v) is 31.2. The largest absolute Gasteiger partial charge is 0.481 e. The molecule has 0 bridgehead atoms. The molecule has 0 saturated carbocycles. The summed E-state index contributed by atoms with van der Waals surface area (Å²) in [5.74, 6) is -2.28. The van der Waals surface area contributed by atoms with Crippen molar-refractivity contribution >= 4 is 29.5 Å². The van der Waals surface area contributed by atoms with Gasteiger partial charge in [-0.1, -0.05) is 77.0 Å². The van der Waals surface area contributed by atoms with Gasteiger partial charge in [0.05, 0.1) is 38.7 Å². The first-order valence-corrected chi connectivity index (χ1v) is 19.3. The normalized spacial score (nSPS) is 12.3. The van der Waals surface area contributed by atoms with Gasteiger partial charge in [0.25, 0.3) is 0 Å². The molecular formula is C37H66N6O9. The van der Waals surface area contributed by atoms with Crippen LogP contribution in [0.1, 0.15) is 128 Å². The number of carboxylic acid groups (broad SMARTS) is 2. The topological polar surface area (TPSA) is 235 Å². The third-order valence-electron chi connectivity index (χ3n) is 8.69. The van der Waals surface area contributed by atoms with Crippen molar-refractivity contribution in [2.75, 3.05) is 46.1 Å². The van der Waals surface area contributed by atoms with Crippen molar-refractivity contribution in [3.05, 3.63) is 18.2 Å². The number of imidazole rings is 1. The Bertz CT molecular complexity index is 1090. The molecule has 0 unspecified atom stereocenters. The van der Waals surface area contributed by atoms with E-state index in [0.717, 1.165) is 44.2 Å². The fourth-order valence-electron chi connectivity index (χ4n) is 5.59. The lowest BCUT2D eigenvalue weighted by atomic mass is 10.0. The Morgan fingerprint density at radius 3 is 1.87 bits per heavy atom. The first-order valence-electron chi connectivity index (χ1n) is 19.3. The Kier molecular flexibility index (Phi) is 28.9. The van der Waals surface area contributed by atoms with Crippen molar-refractivity contribution in [2.24, 2.45) is 5.73 Å². The van der Waals surface area contributed by atoms with Crippen LogP contribution >= 0.6 is 0 Å². The summed E-state index contributed by atoms with van der Waals surface area (Å²) in [6.45, 7) is 1.46. The summed E-state index contributed by atoms with van der Waals surface area (Å²) in [4.78, 5) is 65.1. The van der Waals surface area contributed by atoms with Gasteiger partial charge in [0.2, 0.25) is 11.8 Å². The molecule has 0 aliphatic rings. The SMILES string of the molecule is N[C@@H](Cc1cnc[nH]1)C(=O)CN[C@@H](CCCCNC(=O)COCCOCCNC(=O)CCCCCCCCCCCCCCCCC(=O)O)C(=O)O. The molecule has 0 fully saturated rings. The summed E-state index contributed by atoms with van der Waals surface area (Å²) < 4.78 is 10.8. The zero-order chi connectivity index (χ0) is 38.1. The standard InChI is InChI=1S/C37H66N6O9/c38-31(25-30-26-39-29-43-30)33(44)27-42-32(37(49)50)17-15-16-20-40-35(46)28-52-24-23-51-22-21-41-34(45)18-13-11-9-7-5-3-1-2-4-6-8-10-12-14-19-36(47)48/h26,29,31-32,42H,1-25,27-28,38H2,(H,39,43)(H,40,46)(H,41,45)(H,47,48)(H,49,50)/t31-,32-/m0/s1. The minimum Gasteiger partial charge on any atom is -0.481 e. The number of amides is 2. The number of hydrogen-bond donors (Lipinski definition) is 7. The van der Waals surface area contributed by atoms with Crippen LogP contribution in [0.3, 0.4) is 0 Å². The summed E-state index contributed by atoms with van der Waals surface area (Å²) in [6, 6.07) is -1.66. The number of nitrogens with two attached hydrogens (primary N) is 1. The second-order valence-electron chi connectivity index (χ2n) is 13.3. The van der Waals surface area contributed by atoms with E-state index in [9.17, 15) is 29.1 Å². The predicted molar refractivity (Wildman–Crippen MR) is 198 cm³/mol. The molecule has 1 rings (SSSR count). The number of H-pyrrole nitrogens is 1. The van der Waals surface area contributed by atoms with Crippen LogP contribution in [0.4, 0.5) is 0 Å². The second-order valence-corrected chi connectivity index (χ2v) is 13.3. The monoisotopic (exact) mass is 738 g/mol. The Hall–Kier alpha value is -3.40. The molecule has 1 aromatic heterocycles. The summed E-state index contributed by atoms with van der Waals surface area (Å²) in [5.41, 5.74) is 6.64. The van der Waals surface area contributed by atoms with Crippen LogP contribution in [-0.2, 0) is 39.9 Å². The number of nitrogens with zero attached hydrogens (tertiary/aromatic N) is 1. The molecule has 0 aromatic carbocycles. The molecule has 0 radical (unpaired) electrons. The molecule has 2 atom stereocenters. The van der Waals surface area contributed by atoms with E-state index in [1.807, 2.05) is 0 Å². The van der Waals surface area contributed by atoms with Crippen LogP contribution in [0.2, 0.25) is 0 Å². The molecule has 298 valence electrons. The highest BCUT2D eigenvalue weighted by Gasteiger charge is 2.20. The average molecular weight is 739 g/mol. The number of nitrogens with one attached hydrogen (secondary N) is 4. The number of carbonyl (C=O) groups excluding carboxylic acids is 3. The lowest BCUT2D eigenvalue weighted by molar-refractivity contribution is -0.140. The summed E-state index contributed by atoms with van der Waals surface area (Å²) in [7, 11) is 0. The molecule has 8 N–H and O–H groups in total. The van der Waals surface area contributed by atoms with Crippen LogP contribution in [0.15, 0.2) is 12.5 Å². The van der Waals surface area contributed by atoms with Gasteiger partial charge in [-0.2, -0.15) is 0 Å². The van der Waals surface area contributed by atoms with E-state index < -0.39 is 24.0 Å². The number of hydrogen-bond acceptors (Lipinski definition) is 10. The lowest BCUT2D eigenvalue weighted by Gasteiger charge is -2.16. The maximum absolute atomic E-state index is 12.3. The highest BCUT2D eigenvalue weighted by Crippen LogP contribution is 2.14. The molecule has 0 saturated heterocycles. The molecule has 15 heteroatoms. The summed E-state index contributed by atoms with van der Waals surface area (Å²) in [6.07, 6.45) is 21.7. The van der Waals surface area contributed by atoms with Crippen molar-refractivity contribution < 1.29 is 43.7 Å². The van der Waals surface area contributed by atoms with Crippen LogP contribution < -0.4 is 21.7 Å². The third kappa shape index (κ3) is 28.2. The number of rotatable bonds is 37.